The first-order valence-electron chi connectivity index (χ1n) is 8.25. The van der Waals surface area contributed by atoms with Crippen molar-refractivity contribution in [1.29, 1.82) is 0 Å². The molecule has 0 heterocycles. The van der Waals surface area contributed by atoms with E-state index in [-0.39, 0.29) is 22.4 Å². The number of benzene rings is 3. The number of amides is 2. The molecule has 0 fully saturated rings. The molecule has 0 saturated heterocycles. The molecule has 0 radical (unpaired) electrons. The van der Waals surface area contributed by atoms with E-state index in [0.717, 1.165) is 6.07 Å². The maximum atomic E-state index is 13.3. The number of nitrogens with one attached hydrogen (secondary N) is 2. The minimum absolute atomic E-state index is 0.0979. The number of hydrogen-bond acceptors (Lipinski definition) is 3. The Kier molecular flexibility index (Phi) is 5.45. The van der Waals surface area contributed by atoms with Gasteiger partial charge in [0.2, 0.25) is 0 Å². The van der Waals surface area contributed by atoms with Crippen LogP contribution in [0.2, 0.25) is 0 Å². The summed E-state index contributed by atoms with van der Waals surface area (Å²) in [5.74, 6) is -2.64. The van der Waals surface area contributed by atoms with Gasteiger partial charge in [0.15, 0.2) is 0 Å². The van der Waals surface area contributed by atoms with Crippen molar-refractivity contribution in [1.82, 2.24) is 0 Å². The maximum Gasteiger partial charge on any atom is 0.335 e. The Hall–Kier alpha value is -4.00. The third-order valence-corrected chi connectivity index (χ3v) is 3.90. The van der Waals surface area contributed by atoms with E-state index in [4.69, 9.17) is 5.11 Å². The highest BCUT2D eigenvalue weighted by Gasteiger charge is 2.15. The number of rotatable bonds is 5. The zero-order valence-electron chi connectivity index (χ0n) is 14.5. The minimum atomic E-state index is -1.07. The summed E-state index contributed by atoms with van der Waals surface area (Å²) in [7, 11) is 0. The zero-order valence-corrected chi connectivity index (χ0v) is 14.5. The van der Waals surface area contributed by atoms with Gasteiger partial charge in [-0.2, -0.15) is 0 Å². The van der Waals surface area contributed by atoms with Crippen molar-refractivity contribution < 1.29 is 23.9 Å². The van der Waals surface area contributed by atoms with Crippen LogP contribution in [0.1, 0.15) is 31.1 Å². The molecule has 0 aliphatic carbocycles. The van der Waals surface area contributed by atoms with Crippen molar-refractivity contribution in [2.45, 2.75) is 0 Å². The van der Waals surface area contributed by atoms with Gasteiger partial charge in [-0.15, -0.1) is 0 Å². The predicted octanol–water partition coefficient (Wildman–Crippen LogP) is 4.03. The number of aromatic carboxylic acids is 1. The van der Waals surface area contributed by atoms with E-state index in [0.29, 0.717) is 5.69 Å². The van der Waals surface area contributed by atoms with Crippen molar-refractivity contribution >= 4 is 29.2 Å². The highest BCUT2D eigenvalue weighted by Crippen LogP contribution is 2.19. The van der Waals surface area contributed by atoms with Crippen molar-refractivity contribution in [2.75, 3.05) is 10.6 Å². The van der Waals surface area contributed by atoms with Gasteiger partial charge in [-0.25, -0.2) is 9.18 Å². The lowest BCUT2D eigenvalue weighted by Crippen LogP contribution is -2.18. The van der Waals surface area contributed by atoms with E-state index in [1.807, 2.05) is 0 Å². The average Bonchev–Trinajstić information content (AvgIpc) is 2.68. The third-order valence-electron chi connectivity index (χ3n) is 3.90. The van der Waals surface area contributed by atoms with E-state index in [2.05, 4.69) is 10.6 Å². The van der Waals surface area contributed by atoms with Crippen LogP contribution in [0.15, 0.2) is 72.8 Å². The zero-order chi connectivity index (χ0) is 20.1. The largest absolute Gasteiger partial charge is 0.478 e. The summed E-state index contributed by atoms with van der Waals surface area (Å²) in [6.45, 7) is 0. The molecule has 0 bridgehead atoms. The summed E-state index contributed by atoms with van der Waals surface area (Å²) >= 11 is 0. The summed E-state index contributed by atoms with van der Waals surface area (Å²) in [6, 6.07) is 17.3. The monoisotopic (exact) mass is 378 g/mol. The first-order valence-corrected chi connectivity index (χ1v) is 8.25. The molecule has 0 aliphatic heterocycles. The molecule has 0 saturated carbocycles. The highest BCUT2D eigenvalue weighted by molar-refractivity contribution is 6.12. The molecule has 0 spiro atoms. The van der Waals surface area contributed by atoms with Crippen LogP contribution in [0.3, 0.4) is 0 Å². The van der Waals surface area contributed by atoms with Crippen LogP contribution in [-0.2, 0) is 0 Å². The second-order valence-electron chi connectivity index (χ2n) is 5.85. The van der Waals surface area contributed by atoms with Crippen LogP contribution in [-0.4, -0.2) is 22.9 Å². The van der Waals surface area contributed by atoms with E-state index in [1.165, 1.54) is 48.5 Å². The SMILES string of the molecule is O=C(O)c1ccc(NC(=O)c2ccccc2NC(=O)c2cccc(F)c2)cc1. The van der Waals surface area contributed by atoms with E-state index in [1.54, 1.807) is 18.2 Å². The summed E-state index contributed by atoms with van der Waals surface area (Å²) in [4.78, 5) is 35.8. The van der Waals surface area contributed by atoms with E-state index in [9.17, 15) is 18.8 Å². The van der Waals surface area contributed by atoms with Crippen molar-refractivity contribution in [2.24, 2.45) is 0 Å². The first kappa shape index (κ1) is 18.8. The van der Waals surface area contributed by atoms with Gasteiger partial charge < -0.3 is 15.7 Å². The number of hydrogen-bond donors (Lipinski definition) is 3. The average molecular weight is 378 g/mol. The number of para-hydroxylation sites is 1. The fourth-order valence-electron chi connectivity index (χ4n) is 2.51. The molecule has 3 rings (SSSR count). The van der Waals surface area contributed by atoms with Crippen LogP contribution in [0, 0.1) is 5.82 Å². The Bertz CT molecular complexity index is 1050. The van der Waals surface area contributed by atoms with Crippen molar-refractivity contribution in [3.05, 3.63) is 95.3 Å². The van der Waals surface area contributed by atoms with Gasteiger partial charge in [-0.3, -0.25) is 9.59 Å². The van der Waals surface area contributed by atoms with Gasteiger partial charge in [0, 0.05) is 11.3 Å². The molecule has 2 amide bonds. The Balaban J connectivity index is 1.78. The van der Waals surface area contributed by atoms with Crippen LogP contribution >= 0.6 is 0 Å². The third kappa shape index (κ3) is 4.39. The molecule has 0 unspecified atom stereocenters. The molecule has 3 N–H and O–H groups in total. The molecule has 6 nitrogen and oxygen atoms in total. The van der Waals surface area contributed by atoms with Crippen molar-refractivity contribution in [3.8, 4) is 0 Å². The van der Waals surface area contributed by atoms with Gasteiger partial charge in [0.25, 0.3) is 11.8 Å². The van der Waals surface area contributed by atoms with Crippen LogP contribution in [0.4, 0.5) is 15.8 Å². The van der Waals surface area contributed by atoms with Gasteiger partial charge in [0.1, 0.15) is 5.82 Å². The fourth-order valence-corrected chi connectivity index (χ4v) is 2.51. The van der Waals surface area contributed by atoms with Crippen LogP contribution in [0.5, 0.6) is 0 Å². The molecule has 0 aliphatic rings. The Morgan fingerprint density at radius 1 is 0.750 bits per heavy atom. The molecule has 28 heavy (non-hydrogen) atoms. The summed E-state index contributed by atoms with van der Waals surface area (Å²) < 4.78 is 13.3. The summed E-state index contributed by atoms with van der Waals surface area (Å²) in [5.41, 5.74) is 1.09. The lowest BCUT2D eigenvalue weighted by molar-refractivity contribution is 0.0696. The number of anilines is 2. The normalized spacial score (nSPS) is 10.2. The molecule has 3 aromatic rings. The van der Waals surface area contributed by atoms with Gasteiger partial charge in [0.05, 0.1) is 16.8 Å². The van der Waals surface area contributed by atoms with Gasteiger partial charge in [-0.05, 0) is 54.6 Å². The first-order chi connectivity index (χ1) is 13.4. The number of halogens is 1. The highest BCUT2D eigenvalue weighted by atomic mass is 19.1. The Labute approximate surface area is 159 Å². The van der Waals surface area contributed by atoms with E-state index >= 15 is 0 Å². The second-order valence-corrected chi connectivity index (χ2v) is 5.85. The number of carbonyl (C=O) groups excluding carboxylic acids is 2. The quantitative estimate of drug-likeness (QED) is 0.625. The van der Waals surface area contributed by atoms with Crippen LogP contribution < -0.4 is 10.6 Å². The topological polar surface area (TPSA) is 95.5 Å². The fraction of sp³-hybridized carbons (Fsp3) is 0. The van der Waals surface area contributed by atoms with Gasteiger partial charge in [-0.1, -0.05) is 18.2 Å². The van der Waals surface area contributed by atoms with Crippen molar-refractivity contribution in [3.63, 3.8) is 0 Å². The minimum Gasteiger partial charge on any atom is -0.478 e. The van der Waals surface area contributed by atoms with Gasteiger partial charge >= 0.3 is 5.97 Å². The lowest BCUT2D eigenvalue weighted by atomic mass is 10.1. The number of carbonyl (C=O) groups is 3. The summed E-state index contributed by atoms with van der Waals surface area (Å²) in [6.07, 6.45) is 0. The van der Waals surface area contributed by atoms with E-state index < -0.39 is 23.6 Å². The maximum absolute atomic E-state index is 13.3. The number of carboxylic acid groups (broad SMARTS) is 1. The predicted molar refractivity (Wildman–Crippen MR) is 102 cm³/mol. The van der Waals surface area contributed by atoms with Crippen LogP contribution in [0.25, 0.3) is 0 Å². The molecule has 0 atom stereocenters. The second kappa shape index (κ2) is 8.13. The molecule has 3 aromatic carbocycles. The molecular weight excluding hydrogens is 363 g/mol. The molecule has 140 valence electrons. The Morgan fingerprint density at radius 3 is 2.14 bits per heavy atom. The Morgan fingerprint density at radius 2 is 1.46 bits per heavy atom. The lowest BCUT2D eigenvalue weighted by Gasteiger charge is -2.12. The standard InChI is InChI=1S/C21H15FN2O4/c22-15-5-3-4-14(12-15)19(25)24-18-7-2-1-6-17(18)20(26)23-16-10-8-13(9-11-16)21(27)28/h1-12H,(H,23,26)(H,24,25)(H,27,28). The molecule has 0 aromatic heterocycles. The smallest absolute Gasteiger partial charge is 0.335 e. The number of carboxylic acids is 1. The molecule has 7 heteroatoms. The molecular formula is C21H15FN2O4. The summed E-state index contributed by atoms with van der Waals surface area (Å²) in [5, 5.41) is 14.2.